The van der Waals surface area contributed by atoms with Gasteiger partial charge in [0.1, 0.15) is 5.78 Å². The Hall–Kier alpha value is -0.840. The Balaban J connectivity index is 3.16. The highest BCUT2D eigenvalue weighted by Gasteiger charge is 2.65. The van der Waals surface area contributed by atoms with E-state index in [4.69, 9.17) is 0 Å². The molecule has 3 atom stereocenters. The van der Waals surface area contributed by atoms with Crippen molar-refractivity contribution in [1.82, 2.24) is 0 Å². The van der Waals surface area contributed by atoms with Gasteiger partial charge < -0.3 is 5.11 Å². The number of hydrogen-bond acceptors (Lipinski definition) is 2. The molecule has 0 aromatic rings. The Morgan fingerprint density at radius 3 is 2.40 bits per heavy atom. The number of halogens is 3. The van der Waals surface area contributed by atoms with Gasteiger partial charge >= 0.3 is 6.18 Å². The van der Waals surface area contributed by atoms with Gasteiger partial charge in [0.05, 0.1) is 5.92 Å². The summed E-state index contributed by atoms with van der Waals surface area (Å²) in [5.41, 5.74) is -2.93. The van der Waals surface area contributed by atoms with Crippen molar-refractivity contribution in [3.63, 3.8) is 0 Å². The van der Waals surface area contributed by atoms with Crippen LogP contribution in [0.1, 0.15) is 19.8 Å². The predicted molar refractivity (Wildman–Crippen MR) is 48.1 cm³/mol. The molecule has 2 nitrogen and oxygen atoms in total. The summed E-state index contributed by atoms with van der Waals surface area (Å²) >= 11 is 0. The first-order valence-corrected chi connectivity index (χ1v) is 4.67. The van der Waals surface area contributed by atoms with E-state index in [0.717, 1.165) is 13.0 Å². The van der Waals surface area contributed by atoms with Gasteiger partial charge in [0, 0.05) is 5.92 Å². The number of carbonyl (C=O) groups is 1. The summed E-state index contributed by atoms with van der Waals surface area (Å²) in [7, 11) is 0. The first-order chi connectivity index (χ1) is 6.75. The van der Waals surface area contributed by atoms with E-state index in [1.54, 1.807) is 0 Å². The highest BCUT2D eigenvalue weighted by atomic mass is 19.4. The molecule has 1 fully saturated rings. The van der Waals surface area contributed by atoms with Crippen molar-refractivity contribution in [1.29, 1.82) is 0 Å². The molecule has 1 aliphatic rings. The second-order valence-corrected chi connectivity index (χ2v) is 3.91. The SMILES string of the molecule is C=C[C@H]1CC[C@H](C(C)=O)[C@@]1(O)C(F)(F)F. The van der Waals surface area contributed by atoms with Gasteiger partial charge in [-0.25, -0.2) is 0 Å². The Kier molecular flexibility index (Phi) is 2.96. The fourth-order valence-electron chi connectivity index (χ4n) is 2.26. The number of aliphatic hydroxyl groups is 1. The van der Waals surface area contributed by atoms with Crippen LogP contribution in [0.3, 0.4) is 0 Å². The van der Waals surface area contributed by atoms with Crippen LogP contribution in [0, 0.1) is 11.8 Å². The number of Topliss-reactive ketones (excluding diaryl/α,β-unsaturated/α-hetero) is 1. The third-order valence-corrected chi connectivity index (χ3v) is 3.09. The van der Waals surface area contributed by atoms with Crippen LogP contribution in [0.5, 0.6) is 0 Å². The van der Waals surface area contributed by atoms with Crippen LogP contribution in [0.2, 0.25) is 0 Å². The molecule has 0 heterocycles. The molecule has 86 valence electrons. The molecule has 5 heteroatoms. The van der Waals surface area contributed by atoms with Crippen LogP contribution < -0.4 is 0 Å². The summed E-state index contributed by atoms with van der Waals surface area (Å²) in [5.74, 6) is -3.08. The summed E-state index contributed by atoms with van der Waals surface area (Å²) in [4.78, 5) is 11.1. The van der Waals surface area contributed by atoms with E-state index in [1.807, 2.05) is 0 Å². The molecule has 0 spiro atoms. The molecule has 1 rings (SSSR count). The van der Waals surface area contributed by atoms with Gasteiger partial charge in [-0.3, -0.25) is 4.79 Å². The van der Waals surface area contributed by atoms with Gasteiger partial charge in [-0.15, -0.1) is 6.58 Å². The molecule has 0 aromatic heterocycles. The van der Waals surface area contributed by atoms with Gasteiger partial charge in [-0.1, -0.05) is 6.08 Å². The van der Waals surface area contributed by atoms with E-state index < -0.39 is 29.4 Å². The summed E-state index contributed by atoms with van der Waals surface area (Å²) in [6.45, 7) is 4.35. The molecule has 0 aromatic carbocycles. The lowest BCUT2D eigenvalue weighted by Gasteiger charge is -2.34. The normalized spacial score (nSPS) is 36.6. The quantitative estimate of drug-likeness (QED) is 0.726. The molecule has 1 saturated carbocycles. The Bertz CT molecular complexity index is 285. The zero-order chi connectivity index (χ0) is 11.9. The van der Waals surface area contributed by atoms with Crippen LogP contribution in [-0.2, 0) is 4.79 Å². The van der Waals surface area contributed by atoms with Crippen LogP contribution in [-0.4, -0.2) is 22.7 Å². The minimum atomic E-state index is -4.79. The molecule has 0 radical (unpaired) electrons. The topological polar surface area (TPSA) is 37.3 Å². The third-order valence-electron chi connectivity index (χ3n) is 3.09. The molecule has 0 amide bonds. The smallest absolute Gasteiger partial charge is 0.379 e. The van der Waals surface area contributed by atoms with E-state index in [0.29, 0.717) is 0 Å². The van der Waals surface area contributed by atoms with Crippen LogP contribution in [0.25, 0.3) is 0 Å². The van der Waals surface area contributed by atoms with E-state index >= 15 is 0 Å². The standard InChI is InChI=1S/C10H13F3O2/c1-3-7-4-5-8(6(2)14)9(7,15)10(11,12)13/h3,7-8,15H,1,4-5H2,2H3/t7-,8+,9+/m0/s1. The van der Waals surface area contributed by atoms with Gasteiger partial charge in [0.2, 0.25) is 0 Å². The van der Waals surface area contributed by atoms with Gasteiger partial charge in [0.15, 0.2) is 5.60 Å². The molecular weight excluding hydrogens is 209 g/mol. The van der Waals surface area contributed by atoms with Crippen LogP contribution >= 0.6 is 0 Å². The molecule has 0 bridgehead atoms. The Morgan fingerprint density at radius 2 is 2.07 bits per heavy atom. The fourth-order valence-corrected chi connectivity index (χ4v) is 2.26. The van der Waals surface area contributed by atoms with Crippen molar-refractivity contribution in [2.45, 2.75) is 31.5 Å². The molecular formula is C10H13F3O2. The summed E-state index contributed by atoms with van der Waals surface area (Å²) in [6.07, 6.45) is -3.51. The Morgan fingerprint density at radius 1 is 1.53 bits per heavy atom. The zero-order valence-electron chi connectivity index (χ0n) is 8.34. The fraction of sp³-hybridized carbons (Fsp3) is 0.700. The average molecular weight is 222 g/mol. The highest BCUT2D eigenvalue weighted by Crippen LogP contribution is 2.51. The molecule has 1 N–H and O–H groups in total. The first kappa shape index (κ1) is 12.2. The molecule has 15 heavy (non-hydrogen) atoms. The second-order valence-electron chi connectivity index (χ2n) is 3.91. The number of alkyl halides is 3. The van der Waals surface area contributed by atoms with Crippen molar-refractivity contribution in [3.05, 3.63) is 12.7 Å². The number of ketones is 1. The maximum Gasteiger partial charge on any atom is 0.418 e. The average Bonchev–Trinajstić information content (AvgIpc) is 2.42. The van der Waals surface area contributed by atoms with Gasteiger partial charge in [-0.05, 0) is 19.8 Å². The number of rotatable bonds is 2. The number of hydrogen-bond donors (Lipinski definition) is 1. The summed E-state index contributed by atoms with van der Waals surface area (Å²) in [6, 6.07) is 0. The van der Waals surface area contributed by atoms with Crippen molar-refractivity contribution in [2.24, 2.45) is 11.8 Å². The molecule has 0 unspecified atom stereocenters. The van der Waals surface area contributed by atoms with E-state index in [2.05, 4.69) is 6.58 Å². The van der Waals surface area contributed by atoms with E-state index in [1.165, 1.54) is 0 Å². The van der Waals surface area contributed by atoms with E-state index in [9.17, 15) is 23.1 Å². The van der Waals surface area contributed by atoms with Crippen molar-refractivity contribution in [3.8, 4) is 0 Å². The lowest BCUT2D eigenvalue weighted by Crippen LogP contribution is -2.54. The maximum atomic E-state index is 12.7. The maximum absolute atomic E-state index is 12.7. The molecule has 1 aliphatic carbocycles. The minimum Gasteiger partial charge on any atom is -0.379 e. The second kappa shape index (κ2) is 3.63. The summed E-state index contributed by atoms with van der Waals surface area (Å²) < 4.78 is 38.2. The van der Waals surface area contributed by atoms with Gasteiger partial charge in [-0.2, -0.15) is 13.2 Å². The lowest BCUT2D eigenvalue weighted by atomic mass is 9.81. The molecule has 0 aliphatic heterocycles. The van der Waals surface area contributed by atoms with Crippen LogP contribution in [0.15, 0.2) is 12.7 Å². The highest BCUT2D eigenvalue weighted by molar-refractivity contribution is 5.80. The monoisotopic (exact) mass is 222 g/mol. The molecule has 0 saturated heterocycles. The minimum absolute atomic E-state index is 0.0576. The summed E-state index contributed by atoms with van der Waals surface area (Å²) in [5, 5.41) is 9.70. The van der Waals surface area contributed by atoms with Crippen molar-refractivity contribution < 1.29 is 23.1 Å². The van der Waals surface area contributed by atoms with Crippen molar-refractivity contribution >= 4 is 5.78 Å². The number of carbonyl (C=O) groups excluding carboxylic acids is 1. The lowest BCUT2D eigenvalue weighted by molar-refractivity contribution is -0.279. The zero-order valence-corrected chi connectivity index (χ0v) is 8.34. The third kappa shape index (κ3) is 1.69. The first-order valence-electron chi connectivity index (χ1n) is 4.67. The predicted octanol–water partition coefficient (Wildman–Crippen LogP) is 2.08. The van der Waals surface area contributed by atoms with Crippen LogP contribution in [0.4, 0.5) is 13.2 Å². The van der Waals surface area contributed by atoms with Crippen molar-refractivity contribution in [2.75, 3.05) is 0 Å². The largest absolute Gasteiger partial charge is 0.418 e. The Labute approximate surface area is 85.8 Å². The van der Waals surface area contributed by atoms with E-state index in [-0.39, 0.29) is 12.8 Å². The van der Waals surface area contributed by atoms with Gasteiger partial charge in [0.25, 0.3) is 0 Å².